The minimum absolute atomic E-state index is 0.194. The van der Waals surface area contributed by atoms with E-state index in [-0.39, 0.29) is 11.1 Å². The van der Waals surface area contributed by atoms with Crippen LogP contribution in [0.15, 0.2) is 42.7 Å². The highest BCUT2D eigenvalue weighted by Crippen LogP contribution is 2.25. The lowest BCUT2D eigenvalue weighted by Gasteiger charge is -2.03. The number of pyridine rings is 1. The average molecular weight is 283 g/mol. The van der Waals surface area contributed by atoms with Crippen LogP contribution in [0.1, 0.15) is 20.7 Å². The molecule has 0 atom stereocenters. The number of carbonyl (C=O) groups is 2. The lowest BCUT2D eigenvalue weighted by molar-refractivity contribution is 0.0558. The van der Waals surface area contributed by atoms with Crippen LogP contribution in [-0.2, 0) is 9.47 Å². The lowest BCUT2D eigenvalue weighted by Crippen LogP contribution is -2.09. The van der Waals surface area contributed by atoms with Crippen LogP contribution in [0.5, 0.6) is 0 Å². The van der Waals surface area contributed by atoms with Crippen molar-refractivity contribution in [3.05, 3.63) is 53.9 Å². The molecule has 2 heterocycles. The molecule has 0 unspecified atom stereocenters. The van der Waals surface area contributed by atoms with Crippen molar-refractivity contribution >= 4 is 28.2 Å². The molecule has 0 saturated carbocycles. The Labute approximate surface area is 120 Å². The third-order valence-electron chi connectivity index (χ3n) is 3.43. The molecule has 3 aromatic rings. The summed E-state index contributed by atoms with van der Waals surface area (Å²) in [6.45, 7) is 0. The van der Waals surface area contributed by atoms with Crippen LogP contribution >= 0.6 is 0 Å². The highest BCUT2D eigenvalue weighted by molar-refractivity contribution is 6.09. The molecular formula is C16H13NO4. The maximum Gasteiger partial charge on any atom is 0.340 e. The van der Waals surface area contributed by atoms with Crippen LogP contribution in [0.25, 0.3) is 16.3 Å². The number of fused-ring (bicyclic) bond motifs is 2. The van der Waals surface area contributed by atoms with E-state index in [1.807, 2.05) is 36.5 Å². The summed E-state index contributed by atoms with van der Waals surface area (Å²) < 4.78 is 11.3. The van der Waals surface area contributed by atoms with E-state index in [1.54, 1.807) is 10.6 Å². The van der Waals surface area contributed by atoms with Crippen molar-refractivity contribution < 1.29 is 19.1 Å². The number of ether oxygens (including phenoxy) is 2. The van der Waals surface area contributed by atoms with E-state index in [0.717, 1.165) is 10.8 Å². The van der Waals surface area contributed by atoms with Crippen molar-refractivity contribution in [3.63, 3.8) is 0 Å². The molecule has 0 aliphatic rings. The fourth-order valence-corrected chi connectivity index (χ4v) is 2.43. The first-order chi connectivity index (χ1) is 10.2. The first-order valence-corrected chi connectivity index (χ1v) is 6.36. The molecule has 0 bridgehead atoms. The summed E-state index contributed by atoms with van der Waals surface area (Å²) in [7, 11) is 2.57. The maximum absolute atomic E-state index is 12.0. The van der Waals surface area contributed by atoms with Crippen LogP contribution < -0.4 is 0 Å². The van der Waals surface area contributed by atoms with Crippen LogP contribution in [0.3, 0.4) is 0 Å². The molecule has 0 saturated heterocycles. The Hall–Kier alpha value is -2.82. The highest BCUT2D eigenvalue weighted by atomic mass is 16.5. The second kappa shape index (κ2) is 4.94. The SMILES string of the molecule is COC(=O)c1cn2cc3ccccc3cc2c1C(=O)OC. The molecule has 106 valence electrons. The van der Waals surface area contributed by atoms with E-state index in [4.69, 9.17) is 9.47 Å². The fourth-order valence-electron chi connectivity index (χ4n) is 2.43. The van der Waals surface area contributed by atoms with E-state index < -0.39 is 11.9 Å². The summed E-state index contributed by atoms with van der Waals surface area (Å²) >= 11 is 0. The van der Waals surface area contributed by atoms with Gasteiger partial charge in [0.2, 0.25) is 0 Å². The van der Waals surface area contributed by atoms with Gasteiger partial charge in [-0.2, -0.15) is 0 Å². The highest BCUT2D eigenvalue weighted by Gasteiger charge is 2.24. The largest absolute Gasteiger partial charge is 0.465 e. The molecule has 0 spiro atoms. The van der Waals surface area contributed by atoms with Gasteiger partial charge in [0.05, 0.1) is 30.9 Å². The number of hydrogen-bond acceptors (Lipinski definition) is 4. The van der Waals surface area contributed by atoms with Gasteiger partial charge in [0.15, 0.2) is 0 Å². The Morgan fingerprint density at radius 3 is 2.29 bits per heavy atom. The molecule has 5 nitrogen and oxygen atoms in total. The molecule has 0 aliphatic carbocycles. The number of methoxy groups -OCH3 is 2. The summed E-state index contributed by atoms with van der Waals surface area (Å²) in [5.74, 6) is -1.13. The van der Waals surface area contributed by atoms with Crippen molar-refractivity contribution in [1.82, 2.24) is 4.40 Å². The van der Waals surface area contributed by atoms with Gasteiger partial charge >= 0.3 is 11.9 Å². The monoisotopic (exact) mass is 283 g/mol. The summed E-state index contributed by atoms with van der Waals surface area (Å²) in [6.07, 6.45) is 3.45. The number of aromatic nitrogens is 1. The number of nitrogens with zero attached hydrogens (tertiary/aromatic N) is 1. The first kappa shape index (κ1) is 13.2. The number of benzene rings is 1. The second-order valence-electron chi connectivity index (χ2n) is 4.60. The predicted octanol–water partition coefficient (Wildman–Crippen LogP) is 2.67. The normalized spacial score (nSPS) is 10.8. The Bertz CT molecular complexity index is 863. The Morgan fingerprint density at radius 2 is 1.62 bits per heavy atom. The van der Waals surface area contributed by atoms with Gasteiger partial charge in [0.1, 0.15) is 0 Å². The summed E-state index contributed by atoms with van der Waals surface area (Å²) in [6, 6.07) is 9.61. The van der Waals surface area contributed by atoms with Gasteiger partial charge in [-0.25, -0.2) is 9.59 Å². The molecule has 3 rings (SSSR count). The fraction of sp³-hybridized carbons (Fsp3) is 0.125. The van der Waals surface area contributed by atoms with Crippen LogP contribution in [0, 0.1) is 0 Å². The van der Waals surface area contributed by atoms with Crippen molar-refractivity contribution in [1.29, 1.82) is 0 Å². The zero-order chi connectivity index (χ0) is 15.0. The van der Waals surface area contributed by atoms with Gasteiger partial charge in [-0.3, -0.25) is 0 Å². The third kappa shape index (κ3) is 2.03. The molecule has 5 heteroatoms. The minimum atomic E-state index is -0.567. The van der Waals surface area contributed by atoms with E-state index in [0.29, 0.717) is 5.52 Å². The van der Waals surface area contributed by atoms with Gasteiger partial charge in [-0.05, 0) is 16.8 Å². The predicted molar refractivity (Wildman–Crippen MR) is 77.6 cm³/mol. The quantitative estimate of drug-likeness (QED) is 0.678. The van der Waals surface area contributed by atoms with E-state index >= 15 is 0 Å². The summed E-state index contributed by atoms with van der Waals surface area (Å²) in [5.41, 5.74) is 1.02. The standard InChI is InChI=1S/C16H13NO4/c1-20-15(18)12-9-17-8-11-6-4-3-5-10(11)7-13(17)14(12)16(19)21-2/h3-9H,1-2H3. The number of rotatable bonds is 2. The smallest absolute Gasteiger partial charge is 0.340 e. The number of hydrogen-bond donors (Lipinski definition) is 0. The molecular weight excluding hydrogens is 270 g/mol. The van der Waals surface area contributed by atoms with Gasteiger partial charge in [0.25, 0.3) is 0 Å². The summed E-state index contributed by atoms with van der Waals surface area (Å²) in [4.78, 5) is 23.9. The molecule has 0 aliphatic heterocycles. The molecule has 2 aromatic heterocycles. The number of carbonyl (C=O) groups excluding carboxylic acids is 2. The van der Waals surface area contributed by atoms with Crippen LogP contribution in [0.4, 0.5) is 0 Å². The molecule has 0 fully saturated rings. The topological polar surface area (TPSA) is 57.0 Å². The van der Waals surface area contributed by atoms with Gasteiger partial charge in [0, 0.05) is 12.4 Å². The van der Waals surface area contributed by atoms with Crippen molar-refractivity contribution in [2.75, 3.05) is 14.2 Å². The van der Waals surface area contributed by atoms with E-state index in [2.05, 4.69) is 0 Å². The van der Waals surface area contributed by atoms with Crippen molar-refractivity contribution in [2.45, 2.75) is 0 Å². The second-order valence-corrected chi connectivity index (χ2v) is 4.60. The van der Waals surface area contributed by atoms with Gasteiger partial charge in [-0.15, -0.1) is 0 Å². The van der Waals surface area contributed by atoms with Gasteiger partial charge in [-0.1, -0.05) is 24.3 Å². The molecule has 21 heavy (non-hydrogen) atoms. The Balaban J connectivity index is 2.39. The Kier molecular flexibility index (Phi) is 3.10. The van der Waals surface area contributed by atoms with Gasteiger partial charge < -0.3 is 13.9 Å². The lowest BCUT2D eigenvalue weighted by atomic mass is 10.1. The van der Waals surface area contributed by atoms with Crippen LogP contribution in [-0.4, -0.2) is 30.6 Å². The average Bonchev–Trinajstić information content (AvgIpc) is 2.89. The zero-order valence-corrected chi connectivity index (χ0v) is 11.6. The van der Waals surface area contributed by atoms with Crippen LogP contribution in [0.2, 0.25) is 0 Å². The maximum atomic E-state index is 12.0. The molecule has 0 radical (unpaired) electrons. The molecule has 1 aromatic carbocycles. The minimum Gasteiger partial charge on any atom is -0.465 e. The van der Waals surface area contributed by atoms with Crippen molar-refractivity contribution in [2.24, 2.45) is 0 Å². The molecule has 0 N–H and O–H groups in total. The molecule has 0 amide bonds. The van der Waals surface area contributed by atoms with E-state index in [9.17, 15) is 9.59 Å². The number of esters is 2. The van der Waals surface area contributed by atoms with Crippen molar-refractivity contribution in [3.8, 4) is 0 Å². The Morgan fingerprint density at radius 1 is 0.952 bits per heavy atom. The summed E-state index contributed by atoms with van der Waals surface area (Å²) in [5, 5.41) is 1.98. The van der Waals surface area contributed by atoms with E-state index in [1.165, 1.54) is 14.2 Å². The first-order valence-electron chi connectivity index (χ1n) is 6.36. The third-order valence-corrected chi connectivity index (χ3v) is 3.43. The zero-order valence-electron chi connectivity index (χ0n) is 11.6.